The van der Waals surface area contributed by atoms with Gasteiger partial charge in [0, 0.05) is 18.2 Å². The lowest BCUT2D eigenvalue weighted by atomic mass is 10.0. The van der Waals surface area contributed by atoms with E-state index in [9.17, 15) is 4.79 Å². The fourth-order valence-corrected chi connectivity index (χ4v) is 2.69. The van der Waals surface area contributed by atoms with Gasteiger partial charge in [0.2, 0.25) is 0 Å². The van der Waals surface area contributed by atoms with Crippen molar-refractivity contribution < 1.29 is 4.79 Å². The second-order valence-electron chi connectivity index (χ2n) is 5.45. The van der Waals surface area contributed by atoms with Gasteiger partial charge in [-0.25, -0.2) is 0 Å². The zero-order valence-electron chi connectivity index (χ0n) is 12.4. The van der Waals surface area contributed by atoms with Crippen LogP contribution >= 0.6 is 12.4 Å². The standard InChI is InChI=1S/C18H20N2O.ClH/c21-18(20-13-17-7-4-12-19-17)16-10-8-15(9-11-16)14-5-2-1-3-6-14;/h1-3,5-6,8-11,17,19H,4,7,12-13H2,(H,20,21);1H. The molecule has 1 fully saturated rings. The van der Waals surface area contributed by atoms with Crippen LogP contribution < -0.4 is 10.6 Å². The Kier molecular flexibility index (Phi) is 5.99. The summed E-state index contributed by atoms with van der Waals surface area (Å²) < 4.78 is 0. The van der Waals surface area contributed by atoms with Crippen LogP contribution in [-0.4, -0.2) is 25.0 Å². The number of halogens is 1. The van der Waals surface area contributed by atoms with E-state index < -0.39 is 0 Å². The van der Waals surface area contributed by atoms with Gasteiger partial charge in [-0.15, -0.1) is 12.4 Å². The highest BCUT2D eigenvalue weighted by molar-refractivity contribution is 5.94. The third kappa shape index (κ3) is 4.09. The lowest BCUT2D eigenvalue weighted by molar-refractivity contribution is 0.0950. The molecule has 1 unspecified atom stereocenters. The lowest BCUT2D eigenvalue weighted by Gasteiger charge is -2.11. The highest BCUT2D eigenvalue weighted by atomic mass is 35.5. The van der Waals surface area contributed by atoms with Gasteiger partial charge in [0.15, 0.2) is 0 Å². The fraction of sp³-hybridized carbons (Fsp3) is 0.278. The summed E-state index contributed by atoms with van der Waals surface area (Å²) in [4.78, 5) is 12.1. The number of hydrogen-bond acceptors (Lipinski definition) is 2. The van der Waals surface area contributed by atoms with Crippen molar-refractivity contribution in [3.05, 3.63) is 60.2 Å². The van der Waals surface area contributed by atoms with Gasteiger partial charge in [-0.2, -0.15) is 0 Å². The van der Waals surface area contributed by atoms with Crippen LogP contribution in [0.3, 0.4) is 0 Å². The molecule has 2 aromatic rings. The van der Waals surface area contributed by atoms with Crippen molar-refractivity contribution >= 4 is 18.3 Å². The monoisotopic (exact) mass is 316 g/mol. The first kappa shape index (κ1) is 16.5. The minimum absolute atomic E-state index is 0. The molecule has 1 heterocycles. The van der Waals surface area contributed by atoms with Gasteiger partial charge < -0.3 is 10.6 Å². The van der Waals surface area contributed by atoms with Crippen LogP contribution in [0.1, 0.15) is 23.2 Å². The molecule has 0 radical (unpaired) electrons. The predicted molar refractivity (Wildman–Crippen MR) is 92.5 cm³/mol. The largest absolute Gasteiger partial charge is 0.350 e. The average molecular weight is 317 g/mol. The first-order valence-corrected chi connectivity index (χ1v) is 7.50. The molecule has 1 aliphatic rings. The number of amides is 1. The zero-order valence-corrected chi connectivity index (χ0v) is 13.2. The number of carbonyl (C=O) groups excluding carboxylic acids is 1. The summed E-state index contributed by atoms with van der Waals surface area (Å²) in [6.07, 6.45) is 2.35. The van der Waals surface area contributed by atoms with Gasteiger partial charge in [0.1, 0.15) is 0 Å². The number of benzene rings is 2. The molecule has 1 amide bonds. The summed E-state index contributed by atoms with van der Waals surface area (Å²) in [6.45, 7) is 1.77. The Hall–Kier alpha value is -1.84. The fourth-order valence-electron chi connectivity index (χ4n) is 2.69. The number of hydrogen-bond donors (Lipinski definition) is 2. The highest BCUT2D eigenvalue weighted by Crippen LogP contribution is 2.19. The van der Waals surface area contributed by atoms with Gasteiger partial charge in [0.05, 0.1) is 0 Å². The van der Waals surface area contributed by atoms with Crippen molar-refractivity contribution in [1.29, 1.82) is 0 Å². The molecule has 0 aliphatic carbocycles. The molecular formula is C18H21ClN2O. The van der Waals surface area contributed by atoms with E-state index in [2.05, 4.69) is 22.8 Å². The molecule has 0 aromatic heterocycles. The molecule has 2 N–H and O–H groups in total. The van der Waals surface area contributed by atoms with Crippen LogP contribution in [0.4, 0.5) is 0 Å². The maximum atomic E-state index is 12.1. The molecule has 0 bridgehead atoms. The Bertz CT molecular complexity index is 592. The second-order valence-corrected chi connectivity index (χ2v) is 5.45. The summed E-state index contributed by atoms with van der Waals surface area (Å²) in [5, 5.41) is 6.38. The van der Waals surface area contributed by atoms with Gasteiger partial charge in [-0.3, -0.25) is 4.79 Å². The first-order valence-electron chi connectivity index (χ1n) is 7.50. The van der Waals surface area contributed by atoms with Crippen molar-refractivity contribution in [2.75, 3.05) is 13.1 Å². The van der Waals surface area contributed by atoms with Gasteiger partial charge >= 0.3 is 0 Å². The van der Waals surface area contributed by atoms with E-state index in [0.29, 0.717) is 18.2 Å². The summed E-state index contributed by atoms with van der Waals surface area (Å²) in [5.41, 5.74) is 3.01. The molecule has 1 aliphatic heterocycles. The molecule has 1 atom stereocenters. The van der Waals surface area contributed by atoms with Crippen LogP contribution in [0.15, 0.2) is 54.6 Å². The Morgan fingerprint density at radius 2 is 1.73 bits per heavy atom. The highest BCUT2D eigenvalue weighted by Gasteiger charge is 2.15. The Morgan fingerprint density at radius 1 is 1.05 bits per heavy atom. The van der Waals surface area contributed by atoms with Crippen LogP contribution in [-0.2, 0) is 0 Å². The molecule has 0 saturated carbocycles. The molecule has 116 valence electrons. The maximum Gasteiger partial charge on any atom is 0.251 e. The number of rotatable bonds is 4. The van der Waals surface area contributed by atoms with Crippen molar-refractivity contribution in [2.45, 2.75) is 18.9 Å². The molecule has 4 heteroatoms. The van der Waals surface area contributed by atoms with Crippen LogP contribution in [0.2, 0.25) is 0 Å². The van der Waals surface area contributed by atoms with E-state index in [1.165, 1.54) is 12.0 Å². The van der Waals surface area contributed by atoms with E-state index in [1.54, 1.807) is 0 Å². The van der Waals surface area contributed by atoms with Crippen molar-refractivity contribution in [3.8, 4) is 11.1 Å². The van der Waals surface area contributed by atoms with Crippen molar-refractivity contribution in [1.82, 2.24) is 10.6 Å². The molecule has 3 nitrogen and oxygen atoms in total. The van der Waals surface area contributed by atoms with Crippen molar-refractivity contribution in [3.63, 3.8) is 0 Å². The third-order valence-corrected chi connectivity index (χ3v) is 3.93. The Balaban J connectivity index is 0.00000176. The van der Waals surface area contributed by atoms with E-state index in [0.717, 1.165) is 18.5 Å². The van der Waals surface area contributed by atoms with Gasteiger partial charge in [0.25, 0.3) is 5.91 Å². The number of nitrogens with one attached hydrogen (secondary N) is 2. The van der Waals surface area contributed by atoms with Gasteiger partial charge in [-0.1, -0.05) is 42.5 Å². The van der Waals surface area contributed by atoms with E-state index >= 15 is 0 Å². The summed E-state index contributed by atoms with van der Waals surface area (Å²) >= 11 is 0. The first-order chi connectivity index (χ1) is 10.3. The summed E-state index contributed by atoms with van der Waals surface area (Å²) in [6, 6.07) is 18.4. The Morgan fingerprint density at radius 3 is 2.36 bits per heavy atom. The zero-order chi connectivity index (χ0) is 14.5. The topological polar surface area (TPSA) is 41.1 Å². The lowest BCUT2D eigenvalue weighted by Crippen LogP contribution is -2.37. The molecule has 22 heavy (non-hydrogen) atoms. The molecule has 0 spiro atoms. The quantitative estimate of drug-likeness (QED) is 0.909. The van der Waals surface area contributed by atoms with Crippen LogP contribution in [0, 0.1) is 0 Å². The average Bonchev–Trinajstić information content (AvgIpc) is 3.07. The second kappa shape index (κ2) is 7.97. The van der Waals surface area contributed by atoms with Crippen LogP contribution in [0.25, 0.3) is 11.1 Å². The van der Waals surface area contributed by atoms with Crippen LogP contribution in [0.5, 0.6) is 0 Å². The smallest absolute Gasteiger partial charge is 0.251 e. The normalized spacial score (nSPS) is 16.8. The van der Waals surface area contributed by atoms with Gasteiger partial charge in [-0.05, 0) is 42.6 Å². The van der Waals surface area contributed by atoms with Crippen molar-refractivity contribution in [2.24, 2.45) is 0 Å². The number of carbonyl (C=O) groups is 1. The minimum atomic E-state index is 0. The molecule has 3 rings (SSSR count). The molecule has 2 aromatic carbocycles. The Labute approximate surface area is 137 Å². The van der Waals surface area contributed by atoms with E-state index in [1.807, 2.05) is 42.5 Å². The van der Waals surface area contributed by atoms with E-state index in [-0.39, 0.29) is 18.3 Å². The SMILES string of the molecule is Cl.O=C(NCC1CCCN1)c1ccc(-c2ccccc2)cc1. The van der Waals surface area contributed by atoms with E-state index in [4.69, 9.17) is 0 Å². The molecule has 1 saturated heterocycles. The third-order valence-electron chi connectivity index (χ3n) is 3.93. The summed E-state index contributed by atoms with van der Waals surface area (Å²) in [5.74, 6) is 0.00307. The molecular weight excluding hydrogens is 296 g/mol. The summed E-state index contributed by atoms with van der Waals surface area (Å²) in [7, 11) is 0. The predicted octanol–water partition coefficient (Wildman–Crippen LogP) is 3.26. The minimum Gasteiger partial charge on any atom is -0.350 e. The maximum absolute atomic E-state index is 12.1.